The van der Waals surface area contributed by atoms with Crippen molar-refractivity contribution < 1.29 is 19.1 Å². The van der Waals surface area contributed by atoms with Gasteiger partial charge in [-0.3, -0.25) is 4.79 Å². The number of aliphatic hydroxyl groups is 1. The van der Waals surface area contributed by atoms with Crippen molar-refractivity contribution >= 4 is 14.3 Å². The van der Waals surface area contributed by atoms with E-state index in [-0.39, 0.29) is 22.5 Å². The maximum atomic E-state index is 12.2. The smallest absolute Gasteiger partial charge is 0.305 e. The Balaban J connectivity index is 1.81. The number of carbonyl (C=O) groups excluding carboxylic acids is 1. The standard InChI is InChI=1S/C33H62O4Si/c1-11-24-14-16-25(37-38(9,10)32(4,5)6)15-12-22(2)26-20-21-33(7)27(23(3)13-19-29(34)36-8)17-18-28(33)30(26)31(24)35/h22-28,30-31,35H,11-21H2,1-10H3/t22?,23-,24-,25?,26-,27?,28+,30-,31-,33?/m1/s1. The van der Waals surface area contributed by atoms with E-state index in [1.54, 1.807) is 0 Å². The molecule has 3 aliphatic carbocycles. The minimum absolute atomic E-state index is 0.0848. The van der Waals surface area contributed by atoms with E-state index in [4.69, 9.17) is 9.16 Å². The molecular formula is C33H62O4Si. The molecule has 3 fully saturated rings. The summed E-state index contributed by atoms with van der Waals surface area (Å²) in [4.78, 5) is 11.8. The van der Waals surface area contributed by atoms with E-state index in [1.807, 2.05) is 0 Å². The minimum atomic E-state index is -1.82. The van der Waals surface area contributed by atoms with Crippen molar-refractivity contribution in [3.8, 4) is 0 Å². The molecule has 0 spiro atoms. The third-order valence-corrected chi connectivity index (χ3v) is 16.9. The second-order valence-corrected chi connectivity index (χ2v) is 20.2. The molecule has 10 atom stereocenters. The molecule has 3 rings (SSSR count). The summed E-state index contributed by atoms with van der Waals surface area (Å²) in [5.41, 5.74) is 0.272. The van der Waals surface area contributed by atoms with Crippen LogP contribution in [0.2, 0.25) is 18.1 Å². The normalized spacial score (nSPS) is 39.7. The number of esters is 1. The van der Waals surface area contributed by atoms with E-state index in [0.717, 1.165) is 25.7 Å². The van der Waals surface area contributed by atoms with Crippen molar-refractivity contribution in [1.29, 1.82) is 0 Å². The minimum Gasteiger partial charge on any atom is -0.469 e. The summed E-state index contributed by atoms with van der Waals surface area (Å²) in [5.74, 6) is 3.66. The lowest BCUT2D eigenvalue weighted by Crippen LogP contribution is -2.51. The molecule has 4 unspecified atom stereocenters. The Morgan fingerprint density at radius 1 is 1.08 bits per heavy atom. The van der Waals surface area contributed by atoms with Crippen molar-refractivity contribution in [2.24, 2.45) is 46.8 Å². The number of rotatable bonds is 7. The van der Waals surface area contributed by atoms with Crippen LogP contribution in [0.1, 0.15) is 119 Å². The lowest BCUT2D eigenvalue weighted by Gasteiger charge is -2.54. The van der Waals surface area contributed by atoms with Crippen LogP contribution in [0.4, 0.5) is 0 Å². The molecule has 0 radical (unpaired) electrons. The lowest BCUT2D eigenvalue weighted by atomic mass is 9.52. The van der Waals surface area contributed by atoms with Crippen LogP contribution in [0.3, 0.4) is 0 Å². The Bertz CT molecular complexity index is 775. The van der Waals surface area contributed by atoms with Crippen LogP contribution in [-0.2, 0) is 14.0 Å². The molecule has 1 N–H and O–H groups in total. The largest absolute Gasteiger partial charge is 0.469 e. The first kappa shape index (κ1) is 32.1. The molecule has 0 aromatic carbocycles. The molecule has 0 saturated heterocycles. The second kappa shape index (κ2) is 12.6. The number of carbonyl (C=O) groups is 1. The summed E-state index contributed by atoms with van der Waals surface area (Å²) in [6.45, 7) is 21.5. The molecule has 0 aliphatic heterocycles. The number of ether oxygens (including phenoxy) is 1. The van der Waals surface area contributed by atoms with Gasteiger partial charge < -0.3 is 14.3 Å². The maximum absolute atomic E-state index is 12.2. The van der Waals surface area contributed by atoms with E-state index in [9.17, 15) is 9.90 Å². The first-order valence-corrected chi connectivity index (χ1v) is 19.0. The van der Waals surface area contributed by atoms with Crippen LogP contribution in [0.25, 0.3) is 0 Å². The Labute approximate surface area is 236 Å². The van der Waals surface area contributed by atoms with Crippen molar-refractivity contribution in [3.63, 3.8) is 0 Å². The Morgan fingerprint density at radius 2 is 1.74 bits per heavy atom. The van der Waals surface area contributed by atoms with Crippen molar-refractivity contribution in [2.75, 3.05) is 7.11 Å². The van der Waals surface area contributed by atoms with Gasteiger partial charge in [0.15, 0.2) is 8.32 Å². The molecular weight excluding hydrogens is 488 g/mol. The molecule has 0 aromatic heterocycles. The zero-order chi connectivity index (χ0) is 28.5. The van der Waals surface area contributed by atoms with Gasteiger partial charge in [-0.25, -0.2) is 0 Å². The van der Waals surface area contributed by atoms with Crippen LogP contribution >= 0.6 is 0 Å². The number of fused-ring (bicyclic) bond motifs is 3. The molecule has 222 valence electrons. The van der Waals surface area contributed by atoms with Gasteiger partial charge in [-0.05, 0) is 123 Å². The van der Waals surface area contributed by atoms with E-state index in [0.29, 0.717) is 54.0 Å². The first-order chi connectivity index (χ1) is 17.7. The maximum Gasteiger partial charge on any atom is 0.305 e. The van der Waals surface area contributed by atoms with Gasteiger partial charge in [0.05, 0.1) is 13.2 Å². The average Bonchev–Trinajstić information content (AvgIpc) is 3.20. The molecule has 0 aromatic rings. The molecule has 4 nitrogen and oxygen atoms in total. The Hall–Kier alpha value is -0.393. The van der Waals surface area contributed by atoms with Gasteiger partial charge in [0.25, 0.3) is 0 Å². The quantitative estimate of drug-likeness (QED) is 0.255. The van der Waals surface area contributed by atoms with Gasteiger partial charge in [-0.2, -0.15) is 0 Å². The molecule has 3 saturated carbocycles. The number of methoxy groups -OCH3 is 1. The summed E-state index contributed by atoms with van der Waals surface area (Å²) in [7, 11) is -0.325. The third kappa shape index (κ3) is 6.73. The fourth-order valence-electron chi connectivity index (χ4n) is 8.85. The molecule has 0 amide bonds. The summed E-state index contributed by atoms with van der Waals surface area (Å²) >= 11 is 0. The highest BCUT2D eigenvalue weighted by atomic mass is 28.4. The monoisotopic (exact) mass is 550 g/mol. The highest BCUT2D eigenvalue weighted by Crippen LogP contribution is 2.63. The van der Waals surface area contributed by atoms with Crippen molar-refractivity contribution in [1.82, 2.24) is 0 Å². The molecule has 38 heavy (non-hydrogen) atoms. The van der Waals surface area contributed by atoms with E-state index >= 15 is 0 Å². The van der Waals surface area contributed by atoms with Gasteiger partial charge in [-0.1, -0.05) is 54.9 Å². The lowest BCUT2D eigenvalue weighted by molar-refractivity contribution is -0.141. The highest BCUT2D eigenvalue weighted by molar-refractivity contribution is 6.74. The predicted octanol–water partition coefficient (Wildman–Crippen LogP) is 8.62. The van der Waals surface area contributed by atoms with Gasteiger partial charge in [0.1, 0.15) is 0 Å². The SMILES string of the molecule is CC[C@@H]1CCC(O[Si](C)(C)C(C)(C)C)CCC(C)[C@H]2CCC3(C)C([C@H](C)CCC(=O)OC)CC[C@H]3[C@@H]2[C@@H]1O. The fourth-order valence-corrected chi connectivity index (χ4v) is 10.3. The number of hydrogen-bond donors (Lipinski definition) is 1. The number of aliphatic hydroxyl groups excluding tert-OH is 1. The van der Waals surface area contributed by atoms with Crippen LogP contribution < -0.4 is 0 Å². The van der Waals surface area contributed by atoms with Crippen LogP contribution in [-0.4, -0.2) is 38.7 Å². The second-order valence-electron chi connectivity index (χ2n) is 15.5. The molecule has 0 bridgehead atoms. The third-order valence-electron chi connectivity index (χ3n) is 12.4. The van der Waals surface area contributed by atoms with Crippen molar-refractivity contribution in [2.45, 2.75) is 149 Å². The van der Waals surface area contributed by atoms with Gasteiger partial charge in [-0.15, -0.1) is 0 Å². The summed E-state index contributed by atoms with van der Waals surface area (Å²) < 4.78 is 11.9. The topological polar surface area (TPSA) is 55.8 Å². The van der Waals surface area contributed by atoms with Crippen molar-refractivity contribution in [3.05, 3.63) is 0 Å². The van der Waals surface area contributed by atoms with Gasteiger partial charge >= 0.3 is 5.97 Å². The first-order valence-electron chi connectivity index (χ1n) is 16.1. The van der Waals surface area contributed by atoms with Gasteiger partial charge in [0.2, 0.25) is 0 Å². The molecule has 0 heterocycles. The molecule has 5 heteroatoms. The van der Waals surface area contributed by atoms with E-state index in [1.165, 1.54) is 45.6 Å². The average molecular weight is 551 g/mol. The Kier molecular flexibility index (Phi) is 10.7. The summed E-state index contributed by atoms with van der Waals surface area (Å²) in [6.07, 6.45) is 12.1. The van der Waals surface area contributed by atoms with E-state index < -0.39 is 8.32 Å². The summed E-state index contributed by atoms with van der Waals surface area (Å²) in [5, 5.41) is 12.4. The summed E-state index contributed by atoms with van der Waals surface area (Å²) in [6, 6.07) is 0. The zero-order valence-corrected chi connectivity index (χ0v) is 27.6. The van der Waals surface area contributed by atoms with Crippen LogP contribution in [0.15, 0.2) is 0 Å². The Morgan fingerprint density at radius 3 is 2.34 bits per heavy atom. The van der Waals surface area contributed by atoms with Crippen LogP contribution in [0, 0.1) is 46.8 Å². The predicted molar refractivity (Wildman–Crippen MR) is 160 cm³/mol. The zero-order valence-electron chi connectivity index (χ0n) is 26.6. The fraction of sp³-hybridized carbons (Fsp3) is 0.970. The van der Waals surface area contributed by atoms with Crippen LogP contribution in [0.5, 0.6) is 0 Å². The highest BCUT2D eigenvalue weighted by Gasteiger charge is 2.57. The molecule has 3 aliphatic rings. The van der Waals surface area contributed by atoms with E-state index in [2.05, 4.69) is 61.6 Å². The van der Waals surface area contributed by atoms with Gasteiger partial charge in [0, 0.05) is 12.5 Å². The number of hydrogen-bond acceptors (Lipinski definition) is 4.